The molecule has 0 unspecified atom stereocenters. The van der Waals surface area contributed by atoms with Crippen molar-refractivity contribution in [2.75, 3.05) is 0 Å². The lowest BCUT2D eigenvalue weighted by atomic mass is 10.1. The van der Waals surface area contributed by atoms with Crippen molar-refractivity contribution in [2.24, 2.45) is 0 Å². The lowest BCUT2D eigenvalue weighted by molar-refractivity contribution is -0.385. The summed E-state index contributed by atoms with van der Waals surface area (Å²) < 4.78 is 0. The van der Waals surface area contributed by atoms with Crippen molar-refractivity contribution in [3.05, 3.63) is 57.7 Å². The molecule has 0 atom stereocenters. The fourth-order valence-corrected chi connectivity index (χ4v) is 1.66. The van der Waals surface area contributed by atoms with Gasteiger partial charge in [-0.15, -0.1) is 0 Å². The number of amides is 1. The van der Waals surface area contributed by atoms with Gasteiger partial charge in [0.15, 0.2) is 0 Å². The Hall–Kier alpha value is -2.70. The Kier molecular flexibility index (Phi) is 3.56. The molecule has 2 rings (SSSR count). The third-order valence-corrected chi connectivity index (χ3v) is 2.65. The van der Waals surface area contributed by atoms with Gasteiger partial charge in [-0.25, -0.2) is 4.98 Å². The highest BCUT2D eigenvalue weighted by Crippen LogP contribution is 2.18. The van der Waals surface area contributed by atoms with Crippen LogP contribution in [0, 0.1) is 17.0 Å². The Morgan fingerprint density at radius 3 is 2.89 bits per heavy atom. The lowest BCUT2D eigenvalue weighted by Gasteiger charge is -2.05. The lowest BCUT2D eigenvalue weighted by Crippen LogP contribution is -2.23. The largest absolute Gasteiger partial charge is 0.347 e. The highest BCUT2D eigenvalue weighted by Gasteiger charge is 2.13. The number of aromatic amines is 1. The summed E-state index contributed by atoms with van der Waals surface area (Å²) in [6.45, 7) is 1.93. The van der Waals surface area contributed by atoms with Crippen molar-refractivity contribution < 1.29 is 9.72 Å². The van der Waals surface area contributed by atoms with E-state index in [0.717, 1.165) is 5.69 Å². The van der Waals surface area contributed by atoms with E-state index in [1.54, 1.807) is 13.1 Å². The predicted octanol–water partition coefficient (Wildman–Crippen LogP) is 1.56. The van der Waals surface area contributed by atoms with Gasteiger partial charge in [-0.05, 0) is 19.1 Å². The van der Waals surface area contributed by atoms with Crippen molar-refractivity contribution >= 4 is 11.6 Å². The summed E-state index contributed by atoms with van der Waals surface area (Å²) in [4.78, 5) is 28.8. The number of imidazole rings is 1. The van der Waals surface area contributed by atoms with E-state index in [4.69, 9.17) is 0 Å². The van der Waals surface area contributed by atoms with Crippen LogP contribution in [-0.4, -0.2) is 20.8 Å². The van der Waals surface area contributed by atoms with Gasteiger partial charge in [0.1, 0.15) is 0 Å². The number of H-pyrrole nitrogens is 1. The molecule has 0 saturated heterocycles. The van der Waals surface area contributed by atoms with Crippen molar-refractivity contribution in [1.29, 1.82) is 0 Å². The van der Waals surface area contributed by atoms with Gasteiger partial charge in [0, 0.05) is 23.4 Å². The zero-order valence-electron chi connectivity index (χ0n) is 10.2. The number of nitro benzene ring substituents is 1. The molecule has 2 N–H and O–H groups in total. The van der Waals surface area contributed by atoms with Crippen LogP contribution >= 0.6 is 0 Å². The van der Waals surface area contributed by atoms with Crippen molar-refractivity contribution in [3.8, 4) is 0 Å². The third kappa shape index (κ3) is 2.95. The molecule has 1 amide bonds. The zero-order valence-corrected chi connectivity index (χ0v) is 10.2. The highest BCUT2D eigenvalue weighted by molar-refractivity contribution is 5.94. The van der Waals surface area contributed by atoms with Gasteiger partial charge in [-0.3, -0.25) is 14.9 Å². The Morgan fingerprint density at radius 2 is 2.32 bits per heavy atom. The quantitative estimate of drug-likeness (QED) is 0.643. The fourth-order valence-electron chi connectivity index (χ4n) is 1.66. The number of rotatable bonds is 4. The average molecular weight is 260 g/mol. The first-order chi connectivity index (χ1) is 9.08. The van der Waals surface area contributed by atoms with E-state index in [0.29, 0.717) is 17.7 Å². The van der Waals surface area contributed by atoms with Crippen LogP contribution in [0.2, 0.25) is 0 Å². The van der Waals surface area contributed by atoms with E-state index in [1.165, 1.54) is 24.5 Å². The molecular weight excluding hydrogens is 248 g/mol. The summed E-state index contributed by atoms with van der Waals surface area (Å²) in [6, 6.07) is 4.27. The van der Waals surface area contributed by atoms with Gasteiger partial charge in [-0.2, -0.15) is 0 Å². The molecule has 19 heavy (non-hydrogen) atoms. The molecule has 1 aromatic carbocycles. The van der Waals surface area contributed by atoms with Crippen molar-refractivity contribution in [2.45, 2.75) is 13.5 Å². The van der Waals surface area contributed by atoms with Crippen LogP contribution in [0.15, 0.2) is 30.7 Å². The highest BCUT2D eigenvalue weighted by atomic mass is 16.6. The number of nitrogens with one attached hydrogen (secondary N) is 2. The van der Waals surface area contributed by atoms with Gasteiger partial charge in [0.2, 0.25) is 0 Å². The van der Waals surface area contributed by atoms with E-state index in [-0.39, 0.29) is 11.6 Å². The van der Waals surface area contributed by atoms with E-state index < -0.39 is 4.92 Å². The summed E-state index contributed by atoms with van der Waals surface area (Å²) in [5, 5.41) is 13.4. The number of aryl methyl sites for hydroxylation is 1. The Balaban J connectivity index is 2.07. The zero-order chi connectivity index (χ0) is 13.8. The van der Waals surface area contributed by atoms with Gasteiger partial charge in [0.05, 0.1) is 23.5 Å². The molecule has 0 fully saturated rings. The predicted molar refractivity (Wildman–Crippen MR) is 67.6 cm³/mol. The molecular formula is C12H12N4O3. The number of nitro groups is 1. The van der Waals surface area contributed by atoms with Crippen molar-refractivity contribution in [3.63, 3.8) is 0 Å². The van der Waals surface area contributed by atoms with Gasteiger partial charge in [0.25, 0.3) is 11.6 Å². The molecule has 1 heterocycles. The number of carbonyl (C=O) groups excluding carboxylic acids is 1. The minimum absolute atomic E-state index is 0.00474. The minimum atomic E-state index is -0.471. The van der Waals surface area contributed by atoms with Gasteiger partial charge < -0.3 is 10.3 Å². The minimum Gasteiger partial charge on any atom is -0.347 e. The van der Waals surface area contributed by atoms with Gasteiger partial charge in [-0.1, -0.05) is 0 Å². The number of nitrogens with zero attached hydrogens (tertiary/aromatic N) is 2. The molecule has 7 nitrogen and oxygen atoms in total. The summed E-state index contributed by atoms with van der Waals surface area (Å²) >= 11 is 0. The topological polar surface area (TPSA) is 101 Å². The molecule has 0 aliphatic carbocycles. The third-order valence-electron chi connectivity index (χ3n) is 2.65. The molecule has 1 aromatic heterocycles. The number of carbonyl (C=O) groups is 1. The Bertz CT molecular complexity index is 607. The second-order valence-corrected chi connectivity index (χ2v) is 4.02. The molecule has 0 radical (unpaired) electrons. The fraction of sp³-hybridized carbons (Fsp3) is 0.167. The van der Waals surface area contributed by atoms with E-state index in [9.17, 15) is 14.9 Å². The van der Waals surface area contributed by atoms with E-state index in [1.807, 2.05) is 0 Å². The molecule has 0 bridgehead atoms. The molecule has 0 spiro atoms. The van der Waals surface area contributed by atoms with E-state index in [2.05, 4.69) is 15.3 Å². The van der Waals surface area contributed by atoms with Crippen LogP contribution in [0.25, 0.3) is 0 Å². The smallest absolute Gasteiger partial charge is 0.272 e. The van der Waals surface area contributed by atoms with Gasteiger partial charge >= 0.3 is 0 Å². The second-order valence-electron chi connectivity index (χ2n) is 4.02. The number of hydrogen-bond acceptors (Lipinski definition) is 4. The summed E-state index contributed by atoms with van der Waals surface area (Å²) in [7, 11) is 0. The van der Waals surface area contributed by atoms with E-state index >= 15 is 0 Å². The summed E-state index contributed by atoms with van der Waals surface area (Å²) in [5.41, 5.74) is 1.64. The van der Waals surface area contributed by atoms with Crippen molar-refractivity contribution in [1.82, 2.24) is 15.3 Å². The van der Waals surface area contributed by atoms with Crippen LogP contribution < -0.4 is 5.32 Å². The van der Waals surface area contributed by atoms with Crippen LogP contribution in [0.5, 0.6) is 0 Å². The molecule has 0 saturated carbocycles. The molecule has 7 heteroatoms. The maximum Gasteiger partial charge on any atom is 0.272 e. The van der Waals surface area contributed by atoms with Crippen LogP contribution in [-0.2, 0) is 6.54 Å². The Labute approximate surface area is 108 Å². The molecule has 0 aliphatic rings. The Morgan fingerprint density at radius 1 is 1.53 bits per heavy atom. The molecule has 0 aliphatic heterocycles. The van der Waals surface area contributed by atoms with Crippen LogP contribution in [0.4, 0.5) is 5.69 Å². The second kappa shape index (κ2) is 5.30. The van der Waals surface area contributed by atoms with Crippen LogP contribution in [0.3, 0.4) is 0 Å². The normalized spacial score (nSPS) is 10.2. The molecule has 2 aromatic rings. The monoisotopic (exact) mass is 260 g/mol. The number of hydrogen-bond donors (Lipinski definition) is 2. The first-order valence-electron chi connectivity index (χ1n) is 5.58. The van der Waals surface area contributed by atoms with Crippen LogP contribution in [0.1, 0.15) is 21.6 Å². The standard InChI is InChI=1S/C12H12N4O3/c1-8-4-9(2-3-11(8)16(18)19)12(17)14-6-10-5-13-7-15-10/h2-5,7H,6H2,1H3,(H,13,15)(H,14,17). The first kappa shape index (κ1) is 12.7. The number of benzene rings is 1. The average Bonchev–Trinajstić information content (AvgIpc) is 2.88. The maximum atomic E-state index is 11.9. The molecule has 98 valence electrons. The number of aromatic nitrogens is 2. The summed E-state index contributed by atoms with van der Waals surface area (Å²) in [5.74, 6) is -0.285. The first-order valence-corrected chi connectivity index (χ1v) is 5.58. The maximum absolute atomic E-state index is 11.9. The summed E-state index contributed by atoms with van der Waals surface area (Å²) in [6.07, 6.45) is 3.14. The SMILES string of the molecule is Cc1cc(C(=O)NCc2cnc[nH]2)ccc1[N+](=O)[O-].